The van der Waals surface area contributed by atoms with Gasteiger partial charge in [0, 0.05) is 11.1 Å². The van der Waals surface area contributed by atoms with Gasteiger partial charge in [-0.15, -0.1) is 0 Å². The molecular weight excluding hydrogens is 274 g/mol. The van der Waals surface area contributed by atoms with E-state index in [-0.39, 0.29) is 0 Å². The number of hydrogen-bond donors (Lipinski definition) is 1. The average Bonchev–Trinajstić information content (AvgIpc) is 3.11. The molecule has 4 heteroatoms. The summed E-state index contributed by atoms with van der Waals surface area (Å²) in [5.74, 6) is 1.72. The van der Waals surface area contributed by atoms with E-state index in [0.29, 0.717) is 0 Å². The lowest BCUT2D eigenvalue weighted by molar-refractivity contribution is 0.393. The standard InChI is InChI=1S/C18H15N3O/c1-11-17(12(2)22-21-11)13-7-9-14(10-8-13)18-19-15-5-3-4-6-16(15)20-18/h3-10H,1-2H3,(H,19,20). The molecule has 0 spiro atoms. The van der Waals surface area contributed by atoms with E-state index < -0.39 is 0 Å². The van der Waals surface area contributed by atoms with Crippen LogP contribution < -0.4 is 0 Å². The molecule has 4 aromatic rings. The third kappa shape index (κ3) is 2.00. The van der Waals surface area contributed by atoms with E-state index in [0.717, 1.165) is 45.0 Å². The fourth-order valence-corrected chi connectivity index (χ4v) is 2.78. The molecule has 0 bridgehead atoms. The van der Waals surface area contributed by atoms with E-state index in [1.165, 1.54) is 0 Å². The second-order valence-electron chi connectivity index (χ2n) is 5.38. The zero-order chi connectivity index (χ0) is 15.1. The molecule has 2 aromatic carbocycles. The van der Waals surface area contributed by atoms with Gasteiger partial charge in [0.05, 0.1) is 16.7 Å². The Morgan fingerprint density at radius 1 is 0.909 bits per heavy atom. The van der Waals surface area contributed by atoms with Gasteiger partial charge in [0.2, 0.25) is 0 Å². The molecule has 2 heterocycles. The summed E-state index contributed by atoms with van der Waals surface area (Å²) >= 11 is 0. The van der Waals surface area contributed by atoms with Crippen molar-refractivity contribution in [3.05, 3.63) is 60.0 Å². The van der Waals surface area contributed by atoms with Crippen LogP contribution in [0.4, 0.5) is 0 Å². The molecule has 0 fully saturated rings. The lowest BCUT2D eigenvalue weighted by Crippen LogP contribution is -1.84. The highest BCUT2D eigenvalue weighted by Crippen LogP contribution is 2.29. The Bertz CT molecular complexity index is 896. The highest BCUT2D eigenvalue weighted by Gasteiger charge is 2.12. The quantitative estimate of drug-likeness (QED) is 0.591. The van der Waals surface area contributed by atoms with Crippen LogP contribution in [0.25, 0.3) is 33.5 Å². The maximum Gasteiger partial charge on any atom is 0.141 e. The molecule has 22 heavy (non-hydrogen) atoms. The van der Waals surface area contributed by atoms with Crippen molar-refractivity contribution in [2.45, 2.75) is 13.8 Å². The number of fused-ring (bicyclic) bond motifs is 1. The molecule has 0 aliphatic heterocycles. The molecule has 0 saturated heterocycles. The number of H-pyrrole nitrogens is 1. The molecule has 108 valence electrons. The third-order valence-corrected chi connectivity index (χ3v) is 3.87. The first kappa shape index (κ1) is 12.8. The number of nitrogens with zero attached hydrogens (tertiary/aromatic N) is 2. The number of hydrogen-bond acceptors (Lipinski definition) is 3. The number of para-hydroxylation sites is 2. The number of aromatic nitrogens is 3. The van der Waals surface area contributed by atoms with E-state index in [9.17, 15) is 0 Å². The van der Waals surface area contributed by atoms with Gasteiger partial charge >= 0.3 is 0 Å². The van der Waals surface area contributed by atoms with Crippen LogP contribution in [0.5, 0.6) is 0 Å². The van der Waals surface area contributed by atoms with Crippen molar-refractivity contribution in [3.63, 3.8) is 0 Å². The molecule has 4 nitrogen and oxygen atoms in total. The van der Waals surface area contributed by atoms with Gasteiger partial charge in [-0.25, -0.2) is 4.98 Å². The second-order valence-corrected chi connectivity index (χ2v) is 5.38. The summed E-state index contributed by atoms with van der Waals surface area (Å²) in [7, 11) is 0. The van der Waals surface area contributed by atoms with Crippen LogP contribution in [0.1, 0.15) is 11.5 Å². The first-order chi connectivity index (χ1) is 10.7. The van der Waals surface area contributed by atoms with Crippen LogP contribution in [0.3, 0.4) is 0 Å². The Kier molecular flexibility index (Phi) is 2.82. The van der Waals surface area contributed by atoms with Crippen LogP contribution in [0.2, 0.25) is 0 Å². The molecule has 0 atom stereocenters. The summed E-state index contributed by atoms with van der Waals surface area (Å²) in [4.78, 5) is 7.97. The van der Waals surface area contributed by atoms with Crippen LogP contribution in [0.15, 0.2) is 53.1 Å². The normalized spacial score (nSPS) is 11.2. The minimum absolute atomic E-state index is 0.842. The fourth-order valence-electron chi connectivity index (χ4n) is 2.78. The van der Waals surface area contributed by atoms with Crippen molar-refractivity contribution >= 4 is 11.0 Å². The molecule has 0 aliphatic rings. The molecular formula is C18H15N3O. The van der Waals surface area contributed by atoms with Crippen molar-refractivity contribution in [1.29, 1.82) is 0 Å². The van der Waals surface area contributed by atoms with Gasteiger partial charge in [-0.2, -0.15) is 0 Å². The predicted molar refractivity (Wildman–Crippen MR) is 86.5 cm³/mol. The first-order valence-corrected chi connectivity index (χ1v) is 7.21. The number of imidazole rings is 1. The van der Waals surface area contributed by atoms with Crippen molar-refractivity contribution in [1.82, 2.24) is 15.1 Å². The summed E-state index contributed by atoms with van der Waals surface area (Å²) < 4.78 is 5.24. The summed E-state index contributed by atoms with van der Waals surface area (Å²) in [6.45, 7) is 3.89. The Labute approximate surface area is 127 Å². The topological polar surface area (TPSA) is 54.7 Å². The van der Waals surface area contributed by atoms with Crippen LogP contribution in [0, 0.1) is 13.8 Å². The monoisotopic (exact) mass is 289 g/mol. The van der Waals surface area contributed by atoms with Crippen molar-refractivity contribution in [2.75, 3.05) is 0 Å². The third-order valence-electron chi connectivity index (χ3n) is 3.87. The summed E-state index contributed by atoms with van der Waals surface area (Å²) in [5, 5.41) is 4.01. The molecule has 0 unspecified atom stereocenters. The minimum Gasteiger partial charge on any atom is -0.361 e. The molecule has 2 aromatic heterocycles. The van der Waals surface area contributed by atoms with Gasteiger partial charge in [-0.3, -0.25) is 0 Å². The Balaban J connectivity index is 1.75. The smallest absolute Gasteiger partial charge is 0.141 e. The largest absolute Gasteiger partial charge is 0.361 e. The fraction of sp³-hybridized carbons (Fsp3) is 0.111. The Hall–Kier alpha value is -2.88. The van der Waals surface area contributed by atoms with E-state index in [1.54, 1.807) is 0 Å². The average molecular weight is 289 g/mol. The molecule has 0 aliphatic carbocycles. The van der Waals surface area contributed by atoms with Gasteiger partial charge in [-0.1, -0.05) is 41.6 Å². The van der Waals surface area contributed by atoms with E-state index in [1.807, 2.05) is 38.1 Å². The van der Waals surface area contributed by atoms with Crippen molar-refractivity contribution < 1.29 is 4.52 Å². The predicted octanol–water partition coefficient (Wildman–Crippen LogP) is 4.50. The Morgan fingerprint density at radius 3 is 2.32 bits per heavy atom. The number of aryl methyl sites for hydroxylation is 2. The highest BCUT2D eigenvalue weighted by atomic mass is 16.5. The van der Waals surface area contributed by atoms with E-state index in [4.69, 9.17) is 4.52 Å². The second kappa shape index (κ2) is 4.84. The van der Waals surface area contributed by atoms with Gasteiger partial charge in [0.25, 0.3) is 0 Å². The Morgan fingerprint density at radius 2 is 1.64 bits per heavy atom. The van der Waals surface area contributed by atoms with Gasteiger partial charge in [0.1, 0.15) is 11.6 Å². The molecule has 0 radical (unpaired) electrons. The molecule has 4 rings (SSSR count). The number of nitrogens with one attached hydrogen (secondary N) is 1. The summed E-state index contributed by atoms with van der Waals surface area (Å²) in [6.07, 6.45) is 0. The van der Waals surface area contributed by atoms with Gasteiger partial charge in [0.15, 0.2) is 0 Å². The molecule has 0 saturated carbocycles. The van der Waals surface area contributed by atoms with E-state index >= 15 is 0 Å². The zero-order valence-electron chi connectivity index (χ0n) is 12.4. The highest BCUT2D eigenvalue weighted by molar-refractivity contribution is 5.80. The SMILES string of the molecule is Cc1noc(C)c1-c1ccc(-c2nc3ccccc3[nH]2)cc1. The van der Waals surface area contributed by atoms with Gasteiger partial charge in [-0.05, 0) is 31.5 Å². The minimum atomic E-state index is 0.842. The lowest BCUT2D eigenvalue weighted by Gasteiger charge is -2.02. The maximum atomic E-state index is 5.24. The number of rotatable bonds is 2. The van der Waals surface area contributed by atoms with Crippen molar-refractivity contribution in [2.24, 2.45) is 0 Å². The maximum absolute atomic E-state index is 5.24. The zero-order valence-corrected chi connectivity index (χ0v) is 12.4. The number of benzene rings is 2. The number of aromatic amines is 1. The van der Waals surface area contributed by atoms with E-state index in [2.05, 4.69) is 39.4 Å². The van der Waals surface area contributed by atoms with Crippen LogP contribution >= 0.6 is 0 Å². The molecule has 1 N–H and O–H groups in total. The lowest BCUT2D eigenvalue weighted by atomic mass is 10.0. The van der Waals surface area contributed by atoms with Crippen LogP contribution in [-0.4, -0.2) is 15.1 Å². The summed E-state index contributed by atoms with van der Waals surface area (Å²) in [6, 6.07) is 16.3. The first-order valence-electron chi connectivity index (χ1n) is 7.21. The van der Waals surface area contributed by atoms with Gasteiger partial charge < -0.3 is 9.51 Å². The molecule has 0 amide bonds. The summed E-state index contributed by atoms with van der Waals surface area (Å²) in [5.41, 5.74) is 6.17. The van der Waals surface area contributed by atoms with Crippen LogP contribution in [-0.2, 0) is 0 Å². The van der Waals surface area contributed by atoms with Crippen molar-refractivity contribution in [3.8, 4) is 22.5 Å².